The summed E-state index contributed by atoms with van der Waals surface area (Å²) in [5.74, 6) is 2.03. The van der Waals surface area contributed by atoms with Gasteiger partial charge in [-0.25, -0.2) is 4.99 Å². The molecule has 3 aliphatic rings. The summed E-state index contributed by atoms with van der Waals surface area (Å²) in [7, 11) is 0. The van der Waals surface area contributed by atoms with Crippen molar-refractivity contribution in [2.45, 2.75) is 68.6 Å². The van der Waals surface area contributed by atoms with Crippen LogP contribution < -0.4 is 0 Å². The molecule has 182 valence electrons. The first-order chi connectivity index (χ1) is 16.3. The standard InChI is InChI=1S/C30H36ClNO.ClH/c31-29-19-23(18-25(20-28-21-33-22-32-28)24-10-4-1-5-11-24)16-17-30(29,26-12-6-2-7-13-26)27-14-8-3-9-15-27;/h2-3,6-9,12-15,20,22-25,29H,1,4-5,10-11,16-19,21H2;1H. The Kier molecular flexibility index (Phi) is 8.77. The molecule has 0 radical (unpaired) electrons. The zero-order valence-electron chi connectivity index (χ0n) is 20.0. The molecule has 2 saturated carbocycles. The highest BCUT2D eigenvalue weighted by Gasteiger charge is 2.45. The Balaban J connectivity index is 0.00000274. The van der Waals surface area contributed by atoms with Crippen LogP contribution in [0.15, 0.2) is 77.4 Å². The molecule has 2 nitrogen and oxygen atoms in total. The maximum Gasteiger partial charge on any atom is 0.174 e. The lowest BCUT2D eigenvalue weighted by Gasteiger charge is -2.46. The molecule has 4 heteroatoms. The minimum atomic E-state index is -0.108. The maximum atomic E-state index is 7.38. The van der Waals surface area contributed by atoms with E-state index in [1.165, 1.54) is 56.1 Å². The zero-order valence-corrected chi connectivity index (χ0v) is 21.5. The highest BCUT2D eigenvalue weighted by Crippen LogP contribution is 2.51. The number of hydrogen-bond acceptors (Lipinski definition) is 2. The molecule has 2 aromatic rings. The largest absolute Gasteiger partial charge is 0.477 e. The molecule has 3 unspecified atom stereocenters. The molecule has 0 N–H and O–H groups in total. The number of hydrogen-bond donors (Lipinski definition) is 0. The summed E-state index contributed by atoms with van der Waals surface area (Å²) in [5, 5.41) is 0.0912. The van der Waals surface area contributed by atoms with Crippen molar-refractivity contribution in [1.29, 1.82) is 0 Å². The van der Waals surface area contributed by atoms with Crippen molar-refractivity contribution in [3.63, 3.8) is 0 Å². The van der Waals surface area contributed by atoms with Crippen LogP contribution in [0.5, 0.6) is 0 Å². The van der Waals surface area contributed by atoms with E-state index in [2.05, 4.69) is 71.7 Å². The molecule has 0 bridgehead atoms. The summed E-state index contributed by atoms with van der Waals surface area (Å²) in [6.45, 7) is 0.636. The fraction of sp³-hybridized carbons (Fsp3) is 0.500. The van der Waals surface area contributed by atoms with Crippen LogP contribution >= 0.6 is 24.0 Å². The van der Waals surface area contributed by atoms with E-state index in [1.54, 1.807) is 6.40 Å². The van der Waals surface area contributed by atoms with Crippen LogP contribution in [0.1, 0.15) is 68.9 Å². The molecule has 1 heterocycles. The van der Waals surface area contributed by atoms with E-state index in [0.717, 1.165) is 24.5 Å². The van der Waals surface area contributed by atoms with Gasteiger partial charge in [0, 0.05) is 10.8 Å². The van der Waals surface area contributed by atoms with Crippen molar-refractivity contribution in [2.75, 3.05) is 6.61 Å². The van der Waals surface area contributed by atoms with E-state index >= 15 is 0 Å². The SMILES string of the molecule is Cl.ClC1CC(CC(C=C2COC=N2)C2CCCCC2)CCC1(c1ccccc1)c1ccccc1. The Bertz CT molecular complexity index is 913. The predicted molar refractivity (Wildman–Crippen MR) is 145 cm³/mol. The van der Waals surface area contributed by atoms with Crippen molar-refractivity contribution in [3.8, 4) is 0 Å². The number of halogens is 2. The maximum absolute atomic E-state index is 7.38. The summed E-state index contributed by atoms with van der Waals surface area (Å²) in [4.78, 5) is 4.47. The highest BCUT2D eigenvalue weighted by atomic mass is 35.5. The van der Waals surface area contributed by atoms with Crippen molar-refractivity contribution >= 4 is 30.4 Å². The molecular formula is C30H37Cl2NO. The summed E-state index contributed by atoms with van der Waals surface area (Å²) < 4.78 is 5.40. The Hall–Kier alpha value is -1.77. The van der Waals surface area contributed by atoms with E-state index in [-0.39, 0.29) is 23.2 Å². The summed E-state index contributed by atoms with van der Waals surface area (Å²) >= 11 is 7.38. The fourth-order valence-corrected chi connectivity index (χ4v) is 7.26. The van der Waals surface area contributed by atoms with Crippen molar-refractivity contribution < 1.29 is 4.74 Å². The zero-order chi connectivity index (χ0) is 22.5. The van der Waals surface area contributed by atoms with Crippen LogP contribution in [0.4, 0.5) is 0 Å². The average molecular weight is 499 g/mol. The molecule has 34 heavy (non-hydrogen) atoms. The molecule has 5 rings (SSSR count). The van der Waals surface area contributed by atoms with Crippen LogP contribution in [-0.2, 0) is 10.2 Å². The van der Waals surface area contributed by atoms with Crippen LogP contribution in [0.25, 0.3) is 0 Å². The molecular weight excluding hydrogens is 461 g/mol. The highest BCUT2D eigenvalue weighted by molar-refractivity contribution is 6.22. The smallest absolute Gasteiger partial charge is 0.174 e. The molecule has 0 spiro atoms. The van der Waals surface area contributed by atoms with E-state index in [4.69, 9.17) is 16.3 Å². The summed E-state index contributed by atoms with van der Waals surface area (Å²) in [6, 6.07) is 21.9. The summed E-state index contributed by atoms with van der Waals surface area (Å²) in [6.07, 6.45) is 15.5. The van der Waals surface area contributed by atoms with Gasteiger partial charge in [-0.15, -0.1) is 24.0 Å². The molecule has 0 aromatic heterocycles. The first kappa shape index (κ1) is 25.3. The van der Waals surface area contributed by atoms with Gasteiger partial charge in [-0.05, 0) is 67.4 Å². The monoisotopic (exact) mass is 497 g/mol. The number of rotatable bonds is 6. The topological polar surface area (TPSA) is 21.6 Å². The van der Waals surface area contributed by atoms with Crippen LogP contribution in [-0.4, -0.2) is 18.4 Å². The lowest BCUT2D eigenvalue weighted by atomic mass is 9.61. The van der Waals surface area contributed by atoms with Gasteiger partial charge < -0.3 is 4.74 Å². The molecule has 2 aliphatic carbocycles. The molecule has 1 aliphatic heterocycles. The lowest BCUT2D eigenvalue weighted by Crippen LogP contribution is -2.43. The number of ether oxygens (including phenoxy) is 1. The third-order valence-electron chi connectivity index (χ3n) is 8.39. The first-order valence-electron chi connectivity index (χ1n) is 12.9. The van der Waals surface area contributed by atoms with Gasteiger partial charge >= 0.3 is 0 Å². The van der Waals surface area contributed by atoms with Gasteiger partial charge in [-0.2, -0.15) is 0 Å². The van der Waals surface area contributed by atoms with Gasteiger partial charge in [0.1, 0.15) is 6.61 Å². The second kappa shape index (κ2) is 11.8. The van der Waals surface area contributed by atoms with Crippen molar-refractivity contribution in [2.24, 2.45) is 22.7 Å². The third kappa shape index (κ3) is 5.39. The van der Waals surface area contributed by atoms with E-state index in [1.807, 2.05) is 0 Å². The number of aliphatic imine (C=N–C) groups is 1. The van der Waals surface area contributed by atoms with Gasteiger partial charge in [0.2, 0.25) is 0 Å². The van der Waals surface area contributed by atoms with Crippen LogP contribution in [0, 0.1) is 17.8 Å². The third-order valence-corrected chi connectivity index (χ3v) is 8.94. The molecule has 2 aromatic carbocycles. The van der Waals surface area contributed by atoms with E-state index in [0.29, 0.717) is 18.4 Å². The normalized spacial score (nSPS) is 26.6. The molecule has 0 saturated heterocycles. The van der Waals surface area contributed by atoms with E-state index in [9.17, 15) is 0 Å². The lowest BCUT2D eigenvalue weighted by molar-refractivity contribution is 0.199. The Labute approximate surface area is 216 Å². The second-order valence-electron chi connectivity index (χ2n) is 10.3. The summed E-state index contributed by atoms with van der Waals surface area (Å²) in [5.41, 5.74) is 3.73. The quantitative estimate of drug-likeness (QED) is 0.367. The Morgan fingerprint density at radius 3 is 2.15 bits per heavy atom. The first-order valence-corrected chi connectivity index (χ1v) is 13.3. The minimum absolute atomic E-state index is 0. The van der Waals surface area contributed by atoms with Crippen LogP contribution in [0.2, 0.25) is 0 Å². The Morgan fingerprint density at radius 1 is 0.941 bits per heavy atom. The Morgan fingerprint density at radius 2 is 1.59 bits per heavy atom. The number of benzene rings is 2. The van der Waals surface area contributed by atoms with Gasteiger partial charge in [-0.3, -0.25) is 0 Å². The van der Waals surface area contributed by atoms with Gasteiger partial charge in [-0.1, -0.05) is 86.0 Å². The van der Waals surface area contributed by atoms with E-state index < -0.39 is 0 Å². The molecule has 3 atom stereocenters. The number of nitrogens with zero attached hydrogens (tertiary/aromatic N) is 1. The van der Waals surface area contributed by atoms with Crippen LogP contribution in [0.3, 0.4) is 0 Å². The molecule has 0 amide bonds. The molecule has 2 fully saturated rings. The fourth-order valence-electron chi connectivity index (χ4n) is 6.65. The minimum Gasteiger partial charge on any atom is -0.477 e. The second-order valence-corrected chi connectivity index (χ2v) is 10.8. The average Bonchev–Trinajstić information content (AvgIpc) is 3.39. The predicted octanol–water partition coefficient (Wildman–Crippen LogP) is 8.33. The van der Waals surface area contributed by atoms with Gasteiger partial charge in [0.15, 0.2) is 6.40 Å². The van der Waals surface area contributed by atoms with Crippen molar-refractivity contribution in [3.05, 3.63) is 83.6 Å². The van der Waals surface area contributed by atoms with Gasteiger partial charge in [0.25, 0.3) is 0 Å². The van der Waals surface area contributed by atoms with Gasteiger partial charge in [0.05, 0.1) is 5.70 Å². The number of allylic oxidation sites excluding steroid dienone is 1. The number of alkyl halides is 1. The van der Waals surface area contributed by atoms with Crippen molar-refractivity contribution in [1.82, 2.24) is 0 Å².